The van der Waals surface area contributed by atoms with Crippen molar-refractivity contribution in [1.29, 1.82) is 0 Å². The molecular formula is C17H19NO2S. The highest BCUT2D eigenvalue weighted by Gasteiger charge is 2.15. The molecule has 0 aliphatic carbocycles. The van der Waals surface area contributed by atoms with Crippen LogP contribution in [0.1, 0.15) is 18.5 Å². The van der Waals surface area contributed by atoms with Gasteiger partial charge in [-0.2, -0.15) is 0 Å². The van der Waals surface area contributed by atoms with Crippen molar-refractivity contribution in [3.8, 4) is 11.5 Å². The third-order valence-electron chi connectivity index (χ3n) is 3.55. The maximum atomic E-state index is 5.65. The van der Waals surface area contributed by atoms with Crippen molar-refractivity contribution in [2.45, 2.75) is 17.9 Å². The van der Waals surface area contributed by atoms with E-state index < -0.39 is 0 Å². The van der Waals surface area contributed by atoms with Crippen LogP contribution in [0.5, 0.6) is 11.5 Å². The van der Waals surface area contributed by atoms with Crippen LogP contribution in [0.2, 0.25) is 0 Å². The zero-order valence-electron chi connectivity index (χ0n) is 12.3. The fourth-order valence-electron chi connectivity index (χ4n) is 2.41. The van der Waals surface area contributed by atoms with Crippen LogP contribution in [0.25, 0.3) is 0 Å². The second-order valence-electron chi connectivity index (χ2n) is 4.97. The zero-order valence-corrected chi connectivity index (χ0v) is 13.1. The molecule has 0 fully saturated rings. The Labute approximate surface area is 129 Å². The average molecular weight is 301 g/mol. The summed E-state index contributed by atoms with van der Waals surface area (Å²) in [7, 11) is 0. The number of hydrogen-bond acceptors (Lipinski definition) is 4. The lowest BCUT2D eigenvalue weighted by Gasteiger charge is -2.22. The van der Waals surface area contributed by atoms with Crippen LogP contribution in [0.4, 0.5) is 5.69 Å². The van der Waals surface area contributed by atoms with Crippen LogP contribution in [0.3, 0.4) is 0 Å². The summed E-state index contributed by atoms with van der Waals surface area (Å²) in [6.07, 6.45) is 2.09. The normalized spacial score (nSPS) is 14.6. The predicted octanol–water partition coefficient (Wildman–Crippen LogP) is 4.35. The van der Waals surface area contributed by atoms with E-state index in [-0.39, 0.29) is 6.04 Å². The third-order valence-corrected chi connectivity index (χ3v) is 4.34. The molecule has 0 radical (unpaired) electrons. The predicted molar refractivity (Wildman–Crippen MR) is 87.7 cm³/mol. The monoisotopic (exact) mass is 301 g/mol. The number of nitrogens with one attached hydrogen (secondary N) is 1. The lowest BCUT2D eigenvalue weighted by atomic mass is 10.1. The summed E-state index contributed by atoms with van der Waals surface area (Å²) in [6, 6.07) is 14.7. The Morgan fingerprint density at radius 1 is 1.05 bits per heavy atom. The van der Waals surface area contributed by atoms with E-state index in [0.717, 1.165) is 17.2 Å². The van der Waals surface area contributed by atoms with E-state index in [1.165, 1.54) is 10.5 Å². The van der Waals surface area contributed by atoms with Crippen LogP contribution >= 0.6 is 11.8 Å². The standard InChI is InChI=1S/C17H19NO2S/c1-12(18-14-5-3-4-6-17(14)21-2)13-7-8-15-16(11-13)20-10-9-19-15/h3-8,11-12,18H,9-10H2,1-2H3. The largest absolute Gasteiger partial charge is 0.486 e. The molecule has 1 heterocycles. The molecule has 3 rings (SSSR count). The van der Waals surface area contributed by atoms with Gasteiger partial charge >= 0.3 is 0 Å². The van der Waals surface area contributed by atoms with Gasteiger partial charge in [-0.15, -0.1) is 11.8 Å². The first-order valence-electron chi connectivity index (χ1n) is 7.07. The summed E-state index contributed by atoms with van der Waals surface area (Å²) in [4.78, 5) is 1.25. The Hall–Kier alpha value is -1.81. The van der Waals surface area contributed by atoms with Gasteiger partial charge in [0.25, 0.3) is 0 Å². The highest BCUT2D eigenvalue weighted by atomic mass is 32.2. The Morgan fingerprint density at radius 2 is 1.81 bits per heavy atom. The molecule has 0 amide bonds. The molecule has 1 aliphatic rings. The van der Waals surface area contributed by atoms with Gasteiger partial charge in [-0.25, -0.2) is 0 Å². The van der Waals surface area contributed by atoms with Crippen LogP contribution in [0, 0.1) is 0 Å². The molecule has 1 atom stereocenters. The lowest BCUT2D eigenvalue weighted by molar-refractivity contribution is 0.171. The number of anilines is 1. The van der Waals surface area contributed by atoms with Gasteiger partial charge in [-0.05, 0) is 43.0 Å². The summed E-state index contributed by atoms with van der Waals surface area (Å²) in [6.45, 7) is 3.40. The van der Waals surface area contributed by atoms with Gasteiger partial charge in [-0.3, -0.25) is 0 Å². The third kappa shape index (κ3) is 3.10. The summed E-state index contributed by atoms with van der Waals surface area (Å²) in [5, 5.41) is 3.57. The molecule has 2 aromatic carbocycles. The number of benzene rings is 2. The molecule has 110 valence electrons. The van der Waals surface area contributed by atoms with Crippen LogP contribution < -0.4 is 14.8 Å². The fraction of sp³-hybridized carbons (Fsp3) is 0.294. The lowest BCUT2D eigenvalue weighted by Crippen LogP contribution is -2.16. The zero-order chi connectivity index (χ0) is 14.7. The van der Waals surface area contributed by atoms with Gasteiger partial charge in [0.15, 0.2) is 11.5 Å². The minimum absolute atomic E-state index is 0.203. The van der Waals surface area contributed by atoms with Crippen molar-refractivity contribution in [3.63, 3.8) is 0 Å². The quantitative estimate of drug-likeness (QED) is 0.850. The molecule has 0 spiro atoms. The van der Waals surface area contributed by atoms with Gasteiger partial charge in [0.1, 0.15) is 13.2 Å². The number of para-hydroxylation sites is 1. The second-order valence-corrected chi connectivity index (χ2v) is 5.82. The Kier molecular flexibility index (Phi) is 4.25. The van der Waals surface area contributed by atoms with E-state index in [2.05, 4.69) is 54.9 Å². The first-order valence-corrected chi connectivity index (χ1v) is 8.29. The molecule has 2 aromatic rings. The molecule has 0 saturated carbocycles. The SMILES string of the molecule is CSc1ccccc1NC(C)c1ccc2c(c1)OCCO2. The minimum Gasteiger partial charge on any atom is -0.486 e. The molecule has 0 aromatic heterocycles. The van der Waals surface area contributed by atoms with Crippen molar-refractivity contribution in [3.05, 3.63) is 48.0 Å². The van der Waals surface area contributed by atoms with E-state index in [1.54, 1.807) is 11.8 Å². The van der Waals surface area contributed by atoms with Crippen molar-refractivity contribution in [2.75, 3.05) is 24.8 Å². The number of ether oxygens (including phenoxy) is 2. The Balaban J connectivity index is 1.80. The van der Waals surface area contributed by atoms with E-state index in [1.807, 2.05) is 6.07 Å². The smallest absolute Gasteiger partial charge is 0.161 e. The van der Waals surface area contributed by atoms with E-state index in [4.69, 9.17) is 9.47 Å². The van der Waals surface area contributed by atoms with Crippen LogP contribution in [-0.2, 0) is 0 Å². The molecule has 3 nitrogen and oxygen atoms in total. The Morgan fingerprint density at radius 3 is 2.62 bits per heavy atom. The van der Waals surface area contributed by atoms with Crippen molar-refractivity contribution in [1.82, 2.24) is 0 Å². The van der Waals surface area contributed by atoms with Gasteiger partial charge in [-0.1, -0.05) is 18.2 Å². The molecule has 0 saturated heterocycles. The second kappa shape index (κ2) is 6.31. The van der Waals surface area contributed by atoms with Crippen molar-refractivity contribution >= 4 is 17.4 Å². The topological polar surface area (TPSA) is 30.5 Å². The number of rotatable bonds is 4. The average Bonchev–Trinajstić information content (AvgIpc) is 2.55. The molecule has 1 unspecified atom stereocenters. The molecule has 1 aliphatic heterocycles. The van der Waals surface area contributed by atoms with Crippen LogP contribution in [-0.4, -0.2) is 19.5 Å². The first-order chi connectivity index (χ1) is 10.3. The molecular weight excluding hydrogens is 282 g/mol. The first kappa shape index (κ1) is 14.1. The summed E-state index contributed by atoms with van der Waals surface area (Å²) < 4.78 is 11.2. The molecule has 4 heteroatoms. The maximum absolute atomic E-state index is 5.65. The van der Waals surface area contributed by atoms with E-state index in [0.29, 0.717) is 13.2 Å². The number of thioether (sulfide) groups is 1. The molecule has 1 N–H and O–H groups in total. The fourth-order valence-corrected chi connectivity index (χ4v) is 2.97. The number of fused-ring (bicyclic) bond motifs is 1. The molecule has 21 heavy (non-hydrogen) atoms. The maximum Gasteiger partial charge on any atom is 0.161 e. The van der Waals surface area contributed by atoms with Crippen molar-refractivity contribution < 1.29 is 9.47 Å². The van der Waals surface area contributed by atoms with Gasteiger partial charge in [0.05, 0.1) is 0 Å². The van der Waals surface area contributed by atoms with E-state index >= 15 is 0 Å². The van der Waals surface area contributed by atoms with Crippen LogP contribution in [0.15, 0.2) is 47.4 Å². The molecule has 0 bridgehead atoms. The number of hydrogen-bond donors (Lipinski definition) is 1. The highest BCUT2D eigenvalue weighted by Crippen LogP contribution is 2.34. The highest BCUT2D eigenvalue weighted by molar-refractivity contribution is 7.98. The summed E-state index contributed by atoms with van der Waals surface area (Å²) in [5.74, 6) is 1.67. The Bertz CT molecular complexity index is 630. The van der Waals surface area contributed by atoms with Gasteiger partial charge in [0.2, 0.25) is 0 Å². The van der Waals surface area contributed by atoms with Gasteiger partial charge in [0, 0.05) is 16.6 Å². The van der Waals surface area contributed by atoms with E-state index in [9.17, 15) is 0 Å². The summed E-state index contributed by atoms with van der Waals surface area (Å²) >= 11 is 1.75. The minimum atomic E-state index is 0.203. The van der Waals surface area contributed by atoms with Gasteiger partial charge < -0.3 is 14.8 Å². The van der Waals surface area contributed by atoms with Crippen molar-refractivity contribution in [2.24, 2.45) is 0 Å². The summed E-state index contributed by atoms with van der Waals surface area (Å²) in [5.41, 5.74) is 2.35.